The van der Waals surface area contributed by atoms with E-state index >= 15 is 0 Å². The van der Waals surface area contributed by atoms with Crippen LogP contribution in [0.3, 0.4) is 0 Å². The molecule has 11 heteroatoms. The van der Waals surface area contributed by atoms with E-state index in [1.165, 1.54) is 0 Å². The van der Waals surface area contributed by atoms with E-state index < -0.39 is 5.97 Å². The Morgan fingerprint density at radius 1 is 0.950 bits per heavy atom. The molecule has 4 heterocycles. The number of piperazine rings is 1. The summed E-state index contributed by atoms with van der Waals surface area (Å²) < 4.78 is 6.17. The highest BCUT2D eigenvalue weighted by Gasteiger charge is 2.54. The summed E-state index contributed by atoms with van der Waals surface area (Å²) in [5.74, 6) is 1.43. The first-order valence-corrected chi connectivity index (χ1v) is 14.4. The molecule has 1 aromatic carbocycles. The van der Waals surface area contributed by atoms with Crippen molar-refractivity contribution in [2.45, 2.75) is 19.4 Å². The summed E-state index contributed by atoms with van der Waals surface area (Å²) in [7, 11) is 2.12. The van der Waals surface area contributed by atoms with Gasteiger partial charge < -0.3 is 19.6 Å². The molecule has 0 amide bonds. The number of hydrogen-bond donors (Lipinski definition) is 1. The number of carboxylic acid groups (broad SMARTS) is 1. The van der Waals surface area contributed by atoms with Crippen LogP contribution in [-0.2, 0) is 11.3 Å². The normalized spacial score (nSPS) is 23.4. The quantitative estimate of drug-likeness (QED) is 0.416. The van der Waals surface area contributed by atoms with Crippen LogP contribution in [0.4, 0.5) is 5.95 Å². The zero-order valence-corrected chi connectivity index (χ0v) is 23.9. The number of benzene rings is 1. The molecule has 3 aromatic rings. The van der Waals surface area contributed by atoms with Crippen LogP contribution in [0, 0.1) is 17.8 Å². The minimum Gasteiger partial charge on any atom is -0.481 e. The van der Waals surface area contributed by atoms with E-state index in [1.807, 2.05) is 24.3 Å². The minimum atomic E-state index is -0.648. The van der Waals surface area contributed by atoms with Gasteiger partial charge in [0.2, 0.25) is 11.8 Å². The van der Waals surface area contributed by atoms with Gasteiger partial charge in [-0.1, -0.05) is 23.2 Å². The van der Waals surface area contributed by atoms with Crippen molar-refractivity contribution in [1.29, 1.82) is 0 Å². The average Bonchev–Trinajstić information content (AvgIpc) is 3.66. The zero-order chi connectivity index (χ0) is 27.8. The first-order chi connectivity index (χ1) is 19.3. The summed E-state index contributed by atoms with van der Waals surface area (Å²) in [6.45, 7) is 6.17. The molecule has 2 aliphatic heterocycles. The molecule has 1 aliphatic carbocycles. The lowest BCUT2D eigenvalue weighted by molar-refractivity contribution is -0.139. The van der Waals surface area contributed by atoms with Crippen LogP contribution in [0.1, 0.15) is 18.4 Å². The molecule has 0 bridgehead atoms. The van der Waals surface area contributed by atoms with Crippen molar-refractivity contribution < 1.29 is 14.6 Å². The standard InChI is InChI=1S/C29H32Cl2N6O3/c1-35-6-8-37(9-7-35)29-32-15-22(16-33-29)40-26-11-18(10-25(34-26)19-12-20(30)14-21(31)13-19)17-36-4-2-23-24(3-5-36)27(23)28(38)39/h10-16,23-24,27H,2-9,17H2,1H3,(H,38,39)/t23-,24+,27-. The molecular weight excluding hydrogens is 551 g/mol. The van der Waals surface area contributed by atoms with E-state index in [9.17, 15) is 9.90 Å². The second-order valence-electron chi connectivity index (χ2n) is 11.0. The second-order valence-corrected chi connectivity index (χ2v) is 11.9. The van der Waals surface area contributed by atoms with Gasteiger partial charge in [-0.3, -0.25) is 9.69 Å². The lowest BCUT2D eigenvalue weighted by Crippen LogP contribution is -2.45. The van der Waals surface area contributed by atoms with Crippen molar-refractivity contribution in [3.63, 3.8) is 0 Å². The summed E-state index contributed by atoms with van der Waals surface area (Å²) in [4.78, 5) is 32.2. The Morgan fingerprint density at radius 3 is 2.23 bits per heavy atom. The topological polar surface area (TPSA) is 94.9 Å². The number of aromatic nitrogens is 3. The Kier molecular flexibility index (Phi) is 7.81. The first kappa shape index (κ1) is 27.2. The molecule has 210 valence electrons. The van der Waals surface area contributed by atoms with Gasteiger partial charge in [0.25, 0.3) is 0 Å². The van der Waals surface area contributed by atoms with Crippen molar-refractivity contribution >= 4 is 35.1 Å². The maximum absolute atomic E-state index is 11.5. The summed E-state index contributed by atoms with van der Waals surface area (Å²) in [5, 5.41) is 10.5. The number of carbonyl (C=O) groups is 1. The fourth-order valence-corrected chi connectivity index (χ4v) is 6.52. The van der Waals surface area contributed by atoms with E-state index in [1.54, 1.807) is 18.5 Å². The number of aliphatic carboxylic acids is 1. The number of ether oxygens (including phenoxy) is 1. The molecule has 1 N–H and O–H groups in total. The molecule has 3 fully saturated rings. The third kappa shape index (κ3) is 6.17. The van der Waals surface area contributed by atoms with Crippen molar-refractivity contribution in [3.8, 4) is 22.9 Å². The van der Waals surface area contributed by atoms with Crippen LogP contribution in [0.15, 0.2) is 42.7 Å². The Hall–Kier alpha value is -2.98. The fourth-order valence-electron chi connectivity index (χ4n) is 5.99. The van der Waals surface area contributed by atoms with Crippen molar-refractivity contribution in [3.05, 3.63) is 58.3 Å². The Balaban J connectivity index is 1.21. The smallest absolute Gasteiger partial charge is 0.307 e. The number of halogens is 2. The Labute approximate surface area is 243 Å². The largest absolute Gasteiger partial charge is 0.481 e. The summed E-state index contributed by atoms with van der Waals surface area (Å²) in [5.41, 5.74) is 2.54. The SMILES string of the molecule is CN1CCN(c2ncc(Oc3cc(CN4CC[C@@H]5[C@H](CC4)[C@@H]5C(=O)O)cc(-c4cc(Cl)cc(Cl)c4)n3)cn2)CC1. The molecule has 3 aliphatic rings. The Bertz CT molecular complexity index is 1350. The minimum absolute atomic E-state index is 0.160. The summed E-state index contributed by atoms with van der Waals surface area (Å²) in [6.07, 6.45) is 5.18. The van der Waals surface area contributed by atoms with Crippen molar-refractivity contribution in [2.75, 3.05) is 51.2 Å². The molecule has 9 nitrogen and oxygen atoms in total. The molecule has 40 heavy (non-hydrogen) atoms. The highest BCUT2D eigenvalue weighted by Crippen LogP contribution is 2.52. The molecule has 6 rings (SSSR count). The second kappa shape index (κ2) is 11.5. The Morgan fingerprint density at radius 2 is 1.60 bits per heavy atom. The highest BCUT2D eigenvalue weighted by atomic mass is 35.5. The molecule has 0 radical (unpaired) electrons. The number of nitrogens with zero attached hydrogens (tertiary/aromatic N) is 6. The van der Waals surface area contributed by atoms with Gasteiger partial charge in [0.15, 0.2) is 5.75 Å². The molecule has 2 aromatic heterocycles. The van der Waals surface area contributed by atoms with E-state index in [4.69, 9.17) is 32.9 Å². The van der Waals surface area contributed by atoms with Crippen LogP contribution < -0.4 is 9.64 Å². The first-order valence-electron chi connectivity index (χ1n) is 13.7. The number of rotatable bonds is 7. The van der Waals surface area contributed by atoms with Gasteiger partial charge in [-0.05, 0) is 74.6 Å². The van der Waals surface area contributed by atoms with Gasteiger partial charge in [0.1, 0.15) is 0 Å². The number of likely N-dealkylation sites (tertiary alicyclic amines) is 1. The predicted molar refractivity (Wildman–Crippen MR) is 154 cm³/mol. The van der Waals surface area contributed by atoms with Crippen molar-refractivity contribution in [2.24, 2.45) is 17.8 Å². The molecular formula is C29H32Cl2N6O3. The number of hydrogen-bond acceptors (Lipinski definition) is 8. The third-order valence-electron chi connectivity index (χ3n) is 8.22. The van der Waals surface area contributed by atoms with E-state index in [0.29, 0.717) is 51.7 Å². The molecule has 0 spiro atoms. The van der Waals surface area contributed by atoms with E-state index in [0.717, 1.165) is 63.2 Å². The number of likely N-dealkylation sites (N-methyl/N-ethyl adjacent to an activating group) is 1. The van der Waals surface area contributed by atoms with E-state index in [2.05, 4.69) is 31.7 Å². The molecule has 1 saturated carbocycles. The number of fused-ring (bicyclic) bond motifs is 1. The molecule has 0 unspecified atom stereocenters. The third-order valence-corrected chi connectivity index (χ3v) is 8.66. The lowest BCUT2D eigenvalue weighted by atomic mass is 10.1. The van der Waals surface area contributed by atoms with Gasteiger partial charge in [-0.15, -0.1) is 0 Å². The maximum atomic E-state index is 11.5. The van der Waals surface area contributed by atoms with Gasteiger partial charge in [0.05, 0.1) is 24.0 Å². The monoisotopic (exact) mass is 582 g/mol. The van der Waals surface area contributed by atoms with Crippen LogP contribution in [0.2, 0.25) is 10.0 Å². The molecule has 2 saturated heterocycles. The van der Waals surface area contributed by atoms with Crippen LogP contribution in [0.5, 0.6) is 11.6 Å². The van der Waals surface area contributed by atoms with Gasteiger partial charge in [-0.25, -0.2) is 15.0 Å². The van der Waals surface area contributed by atoms with Gasteiger partial charge >= 0.3 is 5.97 Å². The number of anilines is 1. The van der Waals surface area contributed by atoms with Crippen LogP contribution in [0.25, 0.3) is 11.3 Å². The maximum Gasteiger partial charge on any atom is 0.307 e. The predicted octanol–water partition coefficient (Wildman–Crippen LogP) is 4.93. The number of carboxylic acids is 1. The fraction of sp³-hybridized carbons (Fsp3) is 0.448. The molecule has 3 atom stereocenters. The van der Waals surface area contributed by atoms with Crippen LogP contribution in [-0.4, -0.2) is 82.1 Å². The summed E-state index contributed by atoms with van der Waals surface area (Å²) in [6, 6.07) is 9.34. The van der Waals surface area contributed by atoms with Gasteiger partial charge in [0, 0.05) is 54.4 Å². The summed E-state index contributed by atoms with van der Waals surface area (Å²) >= 11 is 12.6. The number of pyridine rings is 1. The van der Waals surface area contributed by atoms with Crippen molar-refractivity contribution in [1.82, 2.24) is 24.8 Å². The lowest BCUT2D eigenvalue weighted by Gasteiger charge is -2.32. The zero-order valence-electron chi connectivity index (χ0n) is 22.3. The highest BCUT2D eigenvalue weighted by molar-refractivity contribution is 6.35. The van der Waals surface area contributed by atoms with E-state index in [-0.39, 0.29) is 5.92 Å². The van der Waals surface area contributed by atoms with Crippen LogP contribution >= 0.6 is 23.2 Å². The van der Waals surface area contributed by atoms with Gasteiger partial charge in [-0.2, -0.15) is 0 Å². The average molecular weight is 584 g/mol.